The lowest BCUT2D eigenvalue weighted by Gasteiger charge is -2.13. The van der Waals surface area contributed by atoms with Crippen LogP contribution in [0.15, 0.2) is 66.9 Å². The summed E-state index contributed by atoms with van der Waals surface area (Å²) in [5, 5.41) is 3.61. The summed E-state index contributed by atoms with van der Waals surface area (Å²) in [6, 6.07) is 19.4. The Bertz CT molecular complexity index is 923. The number of carbonyl (C=O) groups excluding carboxylic acids is 1. The van der Waals surface area contributed by atoms with Crippen LogP contribution in [0.4, 0.5) is 0 Å². The Hall–Kier alpha value is -2.69. The SMILES string of the molecule is CN(C)Cc1cccc(-c2cccnc2C(=O)NCc2ccc(Cl)cc2)c1. The van der Waals surface area contributed by atoms with Gasteiger partial charge in [-0.2, -0.15) is 0 Å². The molecule has 1 aromatic heterocycles. The number of hydrogen-bond donors (Lipinski definition) is 1. The fourth-order valence-electron chi connectivity index (χ4n) is 2.89. The molecule has 0 aliphatic rings. The Morgan fingerprint density at radius 1 is 1.04 bits per heavy atom. The van der Waals surface area contributed by atoms with Crippen LogP contribution < -0.4 is 5.32 Å². The molecule has 4 nitrogen and oxygen atoms in total. The second kappa shape index (κ2) is 8.80. The van der Waals surface area contributed by atoms with E-state index in [-0.39, 0.29) is 5.91 Å². The van der Waals surface area contributed by atoms with Crippen LogP contribution in [-0.4, -0.2) is 29.9 Å². The maximum Gasteiger partial charge on any atom is 0.270 e. The van der Waals surface area contributed by atoms with Crippen molar-refractivity contribution in [2.45, 2.75) is 13.1 Å². The normalized spacial score (nSPS) is 10.8. The first-order valence-corrected chi connectivity index (χ1v) is 9.12. The number of nitrogens with one attached hydrogen (secondary N) is 1. The molecule has 2 aromatic carbocycles. The third-order valence-electron chi connectivity index (χ3n) is 4.13. The fraction of sp³-hybridized carbons (Fsp3) is 0.182. The van der Waals surface area contributed by atoms with Crippen molar-refractivity contribution in [3.05, 3.63) is 88.7 Å². The highest BCUT2D eigenvalue weighted by Crippen LogP contribution is 2.24. The maximum absolute atomic E-state index is 12.7. The lowest BCUT2D eigenvalue weighted by atomic mass is 10.0. The number of aromatic nitrogens is 1. The average molecular weight is 380 g/mol. The molecule has 1 amide bonds. The van der Waals surface area contributed by atoms with Gasteiger partial charge in [-0.15, -0.1) is 0 Å². The number of rotatable bonds is 6. The Morgan fingerprint density at radius 2 is 1.81 bits per heavy atom. The quantitative estimate of drug-likeness (QED) is 0.690. The van der Waals surface area contributed by atoms with E-state index in [1.807, 2.05) is 62.6 Å². The fourth-order valence-corrected chi connectivity index (χ4v) is 3.02. The molecule has 0 saturated carbocycles. The molecule has 0 saturated heterocycles. The van der Waals surface area contributed by atoms with Crippen LogP contribution in [0, 0.1) is 0 Å². The second-order valence-electron chi connectivity index (χ2n) is 6.65. The van der Waals surface area contributed by atoms with Crippen molar-refractivity contribution in [1.82, 2.24) is 15.2 Å². The van der Waals surface area contributed by atoms with Crippen LogP contribution in [-0.2, 0) is 13.1 Å². The van der Waals surface area contributed by atoms with Crippen LogP contribution in [0.5, 0.6) is 0 Å². The van der Waals surface area contributed by atoms with Gasteiger partial charge in [0.25, 0.3) is 5.91 Å². The molecule has 0 spiro atoms. The number of nitrogens with zero attached hydrogens (tertiary/aromatic N) is 2. The molecule has 138 valence electrons. The number of halogens is 1. The van der Waals surface area contributed by atoms with Gasteiger partial charge in [0, 0.05) is 29.9 Å². The Morgan fingerprint density at radius 3 is 2.56 bits per heavy atom. The molecule has 0 radical (unpaired) electrons. The molecule has 5 heteroatoms. The van der Waals surface area contributed by atoms with Crippen molar-refractivity contribution >= 4 is 17.5 Å². The molecule has 1 N–H and O–H groups in total. The zero-order chi connectivity index (χ0) is 19.2. The Kier molecular flexibility index (Phi) is 6.22. The van der Waals surface area contributed by atoms with Gasteiger partial charge in [-0.1, -0.05) is 48.0 Å². The first-order chi connectivity index (χ1) is 13.0. The molecule has 27 heavy (non-hydrogen) atoms. The molecule has 0 bridgehead atoms. The highest BCUT2D eigenvalue weighted by molar-refractivity contribution is 6.30. The van der Waals surface area contributed by atoms with Gasteiger partial charge in [0.1, 0.15) is 5.69 Å². The van der Waals surface area contributed by atoms with Gasteiger partial charge in [0.15, 0.2) is 0 Å². The van der Waals surface area contributed by atoms with Crippen molar-refractivity contribution in [3.63, 3.8) is 0 Å². The molecule has 0 aliphatic heterocycles. The van der Waals surface area contributed by atoms with Crippen LogP contribution in [0.2, 0.25) is 5.02 Å². The number of carbonyl (C=O) groups is 1. The van der Waals surface area contributed by atoms with Crippen molar-refractivity contribution < 1.29 is 4.79 Å². The summed E-state index contributed by atoms with van der Waals surface area (Å²) < 4.78 is 0. The topological polar surface area (TPSA) is 45.2 Å². The van der Waals surface area contributed by atoms with E-state index in [1.165, 1.54) is 5.56 Å². The van der Waals surface area contributed by atoms with Crippen molar-refractivity contribution in [2.75, 3.05) is 14.1 Å². The molecule has 0 unspecified atom stereocenters. The Labute approximate surface area is 164 Å². The van der Waals surface area contributed by atoms with Crippen LogP contribution in [0.25, 0.3) is 11.1 Å². The Balaban J connectivity index is 1.81. The van der Waals surface area contributed by atoms with E-state index in [2.05, 4.69) is 27.3 Å². The summed E-state index contributed by atoms with van der Waals surface area (Å²) in [6.45, 7) is 1.26. The van der Waals surface area contributed by atoms with Gasteiger partial charge in [0.05, 0.1) is 0 Å². The summed E-state index contributed by atoms with van der Waals surface area (Å²) in [5.41, 5.74) is 4.41. The second-order valence-corrected chi connectivity index (χ2v) is 7.08. The summed E-state index contributed by atoms with van der Waals surface area (Å²) in [4.78, 5) is 19.2. The van der Waals surface area contributed by atoms with Gasteiger partial charge in [-0.3, -0.25) is 9.78 Å². The highest BCUT2D eigenvalue weighted by Gasteiger charge is 2.14. The van der Waals surface area contributed by atoms with Crippen LogP contribution in [0.3, 0.4) is 0 Å². The lowest BCUT2D eigenvalue weighted by Crippen LogP contribution is -2.24. The van der Waals surface area contributed by atoms with E-state index < -0.39 is 0 Å². The van der Waals surface area contributed by atoms with E-state index in [1.54, 1.807) is 6.20 Å². The van der Waals surface area contributed by atoms with Crippen LogP contribution >= 0.6 is 11.6 Å². The van der Waals surface area contributed by atoms with Gasteiger partial charge >= 0.3 is 0 Å². The van der Waals surface area contributed by atoms with E-state index in [9.17, 15) is 4.79 Å². The number of hydrogen-bond acceptors (Lipinski definition) is 3. The highest BCUT2D eigenvalue weighted by atomic mass is 35.5. The number of pyridine rings is 1. The van der Waals surface area contributed by atoms with Gasteiger partial charge < -0.3 is 10.2 Å². The zero-order valence-corrected chi connectivity index (χ0v) is 16.2. The lowest BCUT2D eigenvalue weighted by molar-refractivity contribution is 0.0946. The minimum atomic E-state index is -0.196. The first-order valence-electron chi connectivity index (χ1n) is 8.74. The number of amides is 1. The van der Waals surface area contributed by atoms with Gasteiger partial charge in [0.2, 0.25) is 0 Å². The van der Waals surface area contributed by atoms with E-state index in [0.29, 0.717) is 17.3 Å². The monoisotopic (exact) mass is 379 g/mol. The van der Waals surface area contributed by atoms with E-state index >= 15 is 0 Å². The molecule has 0 fully saturated rings. The third-order valence-corrected chi connectivity index (χ3v) is 4.38. The smallest absolute Gasteiger partial charge is 0.270 e. The molecule has 0 aliphatic carbocycles. The van der Waals surface area contributed by atoms with Crippen molar-refractivity contribution in [3.8, 4) is 11.1 Å². The minimum absolute atomic E-state index is 0.196. The first kappa shape index (κ1) is 19.1. The van der Waals surface area contributed by atoms with E-state index in [0.717, 1.165) is 23.2 Å². The van der Waals surface area contributed by atoms with Crippen molar-refractivity contribution in [1.29, 1.82) is 0 Å². The molecular formula is C22H22ClN3O. The predicted molar refractivity (Wildman–Crippen MR) is 110 cm³/mol. The van der Waals surface area contributed by atoms with Crippen LogP contribution in [0.1, 0.15) is 21.6 Å². The summed E-state index contributed by atoms with van der Waals surface area (Å²) >= 11 is 5.90. The third kappa shape index (κ3) is 5.16. The molecular weight excluding hydrogens is 358 g/mol. The summed E-state index contributed by atoms with van der Waals surface area (Å²) in [7, 11) is 4.07. The standard InChI is InChI=1S/C22H22ClN3O/c1-26(2)15-17-5-3-6-18(13-17)20-7-4-12-24-21(20)22(27)25-14-16-8-10-19(23)11-9-16/h3-13H,14-15H2,1-2H3,(H,25,27). The predicted octanol–water partition coefficient (Wildman–Crippen LogP) is 4.39. The van der Waals surface area contributed by atoms with Gasteiger partial charge in [-0.25, -0.2) is 0 Å². The molecule has 0 atom stereocenters. The van der Waals surface area contributed by atoms with E-state index in [4.69, 9.17) is 11.6 Å². The van der Waals surface area contributed by atoms with Gasteiger partial charge in [-0.05, 0) is 55.1 Å². The zero-order valence-electron chi connectivity index (χ0n) is 15.4. The molecule has 1 heterocycles. The summed E-state index contributed by atoms with van der Waals surface area (Å²) in [6.07, 6.45) is 1.64. The van der Waals surface area contributed by atoms with Crippen molar-refractivity contribution in [2.24, 2.45) is 0 Å². The molecule has 3 aromatic rings. The minimum Gasteiger partial charge on any atom is -0.347 e. The largest absolute Gasteiger partial charge is 0.347 e. The molecule has 3 rings (SSSR count). The maximum atomic E-state index is 12.7. The average Bonchev–Trinajstić information content (AvgIpc) is 2.67. The number of benzene rings is 2. The summed E-state index contributed by atoms with van der Waals surface area (Å²) in [5.74, 6) is -0.196.